The number of nitrogens with two attached hydrogens (primary N) is 1. The van der Waals surface area contributed by atoms with Crippen molar-refractivity contribution in [1.29, 1.82) is 5.26 Å². The van der Waals surface area contributed by atoms with Crippen LogP contribution in [0.15, 0.2) is 54.6 Å². The second-order valence-corrected chi connectivity index (χ2v) is 7.98. The molecule has 0 saturated heterocycles. The molecule has 148 valence electrons. The predicted octanol–water partition coefficient (Wildman–Crippen LogP) is 5.33. The van der Waals surface area contributed by atoms with Gasteiger partial charge in [-0.05, 0) is 43.0 Å². The molecule has 2 aromatic heterocycles. The smallest absolute Gasteiger partial charge is 0.140 e. The van der Waals surface area contributed by atoms with E-state index < -0.39 is 0 Å². The van der Waals surface area contributed by atoms with Crippen LogP contribution in [0.5, 0.6) is 0 Å². The Kier molecular flexibility index (Phi) is 4.25. The van der Waals surface area contributed by atoms with Crippen molar-refractivity contribution >= 4 is 16.7 Å². The summed E-state index contributed by atoms with van der Waals surface area (Å²) < 4.78 is 16.0. The van der Waals surface area contributed by atoms with E-state index in [0.717, 1.165) is 23.8 Å². The van der Waals surface area contributed by atoms with Gasteiger partial charge in [0.05, 0.1) is 17.3 Å². The quantitative estimate of drug-likeness (QED) is 0.507. The second kappa shape index (κ2) is 6.96. The molecule has 0 spiro atoms. The van der Waals surface area contributed by atoms with Crippen LogP contribution in [-0.4, -0.2) is 14.8 Å². The lowest BCUT2D eigenvalue weighted by Crippen LogP contribution is -2.26. The SMILES string of the molecule is CC1CC(n2nc(-c3ccc4ccc(-c5ccccc5F)nc4c3)c(C#N)c2N)C1. The number of anilines is 1. The van der Waals surface area contributed by atoms with Gasteiger partial charge in [0.1, 0.15) is 29.0 Å². The molecule has 2 heterocycles. The summed E-state index contributed by atoms with van der Waals surface area (Å²) in [5.41, 5.74) is 9.71. The summed E-state index contributed by atoms with van der Waals surface area (Å²) in [6.45, 7) is 2.20. The second-order valence-electron chi connectivity index (χ2n) is 7.98. The average molecular weight is 397 g/mol. The molecule has 1 aliphatic carbocycles. The van der Waals surface area contributed by atoms with Crippen LogP contribution in [0.1, 0.15) is 31.4 Å². The van der Waals surface area contributed by atoms with Gasteiger partial charge >= 0.3 is 0 Å². The number of nitriles is 1. The van der Waals surface area contributed by atoms with E-state index in [1.165, 1.54) is 6.07 Å². The zero-order valence-corrected chi connectivity index (χ0v) is 16.5. The number of nitrogens with zero attached hydrogens (tertiary/aromatic N) is 4. The van der Waals surface area contributed by atoms with Crippen LogP contribution in [0.25, 0.3) is 33.4 Å². The van der Waals surface area contributed by atoms with Gasteiger partial charge in [-0.25, -0.2) is 14.1 Å². The molecule has 4 aromatic rings. The van der Waals surface area contributed by atoms with Gasteiger partial charge in [0.15, 0.2) is 0 Å². The molecule has 0 bridgehead atoms. The molecule has 0 unspecified atom stereocenters. The van der Waals surface area contributed by atoms with Crippen molar-refractivity contribution in [3.05, 3.63) is 66.0 Å². The molecule has 0 radical (unpaired) electrons. The Balaban J connectivity index is 1.61. The molecule has 2 N–H and O–H groups in total. The van der Waals surface area contributed by atoms with Gasteiger partial charge in [-0.3, -0.25) is 0 Å². The number of hydrogen-bond acceptors (Lipinski definition) is 4. The van der Waals surface area contributed by atoms with Crippen molar-refractivity contribution < 1.29 is 4.39 Å². The Hall–Kier alpha value is -3.72. The Morgan fingerprint density at radius 2 is 1.90 bits per heavy atom. The van der Waals surface area contributed by atoms with Gasteiger partial charge in [0.25, 0.3) is 0 Å². The maximum atomic E-state index is 14.2. The summed E-state index contributed by atoms with van der Waals surface area (Å²) >= 11 is 0. The summed E-state index contributed by atoms with van der Waals surface area (Å²) in [6.07, 6.45) is 2.03. The molecule has 0 amide bonds. The van der Waals surface area contributed by atoms with Crippen LogP contribution in [-0.2, 0) is 0 Å². The highest BCUT2D eigenvalue weighted by atomic mass is 19.1. The van der Waals surface area contributed by atoms with E-state index in [0.29, 0.717) is 39.8 Å². The van der Waals surface area contributed by atoms with Gasteiger partial charge in [-0.2, -0.15) is 10.4 Å². The monoisotopic (exact) mass is 397 g/mol. The zero-order valence-electron chi connectivity index (χ0n) is 16.5. The highest BCUT2D eigenvalue weighted by Gasteiger charge is 2.31. The van der Waals surface area contributed by atoms with Crippen molar-refractivity contribution in [1.82, 2.24) is 14.8 Å². The highest BCUT2D eigenvalue weighted by molar-refractivity contribution is 5.87. The normalized spacial score (nSPS) is 18.2. The summed E-state index contributed by atoms with van der Waals surface area (Å²) in [5.74, 6) is 0.750. The number of pyridine rings is 1. The van der Waals surface area contributed by atoms with Crippen LogP contribution in [0.4, 0.5) is 10.2 Å². The molecule has 1 aliphatic rings. The fourth-order valence-electron chi connectivity index (χ4n) is 4.18. The maximum absolute atomic E-state index is 14.2. The van der Waals surface area contributed by atoms with Crippen molar-refractivity contribution in [2.24, 2.45) is 5.92 Å². The van der Waals surface area contributed by atoms with Gasteiger partial charge in [0.2, 0.25) is 0 Å². The molecule has 0 atom stereocenters. The van der Waals surface area contributed by atoms with Crippen molar-refractivity contribution in [3.63, 3.8) is 0 Å². The number of benzene rings is 2. The van der Waals surface area contributed by atoms with Gasteiger partial charge < -0.3 is 5.73 Å². The first-order chi connectivity index (χ1) is 14.5. The van der Waals surface area contributed by atoms with Crippen LogP contribution >= 0.6 is 0 Å². The molecule has 1 saturated carbocycles. The fourth-order valence-corrected chi connectivity index (χ4v) is 4.18. The van der Waals surface area contributed by atoms with E-state index in [-0.39, 0.29) is 11.9 Å². The molecule has 1 fully saturated rings. The standard InChI is InChI=1S/C24H20FN5/c1-14-10-17(11-14)30-24(27)19(13-26)23(29-30)16-7-6-15-8-9-21(28-22(15)12-16)18-4-2-3-5-20(18)25/h2-9,12,14,17H,10-11,27H2,1H3. The number of rotatable bonds is 3. The summed E-state index contributed by atoms with van der Waals surface area (Å²) in [4.78, 5) is 4.66. The third kappa shape index (κ3) is 2.91. The van der Waals surface area contributed by atoms with E-state index in [4.69, 9.17) is 10.8 Å². The van der Waals surface area contributed by atoms with Crippen LogP contribution in [0, 0.1) is 23.1 Å². The third-order valence-electron chi connectivity index (χ3n) is 5.87. The number of hydrogen-bond donors (Lipinski definition) is 1. The van der Waals surface area contributed by atoms with E-state index in [1.807, 2.05) is 30.3 Å². The van der Waals surface area contributed by atoms with E-state index in [2.05, 4.69) is 18.0 Å². The number of halogens is 1. The lowest BCUT2D eigenvalue weighted by atomic mass is 9.82. The molecule has 6 heteroatoms. The lowest BCUT2D eigenvalue weighted by molar-refractivity contribution is 0.203. The Morgan fingerprint density at radius 3 is 2.63 bits per heavy atom. The van der Waals surface area contributed by atoms with Crippen LogP contribution in [0.2, 0.25) is 0 Å². The van der Waals surface area contributed by atoms with Crippen molar-refractivity contribution in [2.45, 2.75) is 25.8 Å². The summed E-state index contributed by atoms with van der Waals surface area (Å²) in [7, 11) is 0. The summed E-state index contributed by atoms with van der Waals surface area (Å²) in [5, 5.41) is 15.3. The van der Waals surface area contributed by atoms with Crippen LogP contribution in [0.3, 0.4) is 0 Å². The Morgan fingerprint density at radius 1 is 1.13 bits per heavy atom. The molecule has 5 nitrogen and oxygen atoms in total. The molecular formula is C24H20FN5. The number of nitrogen functional groups attached to an aromatic ring is 1. The molecular weight excluding hydrogens is 377 g/mol. The number of aromatic nitrogens is 3. The molecule has 0 aliphatic heterocycles. The topological polar surface area (TPSA) is 80.5 Å². The highest BCUT2D eigenvalue weighted by Crippen LogP contribution is 2.40. The zero-order chi connectivity index (χ0) is 20.8. The van der Waals surface area contributed by atoms with E-state index >= 15 is 0 Å². The predicted molar refractivity (Wildman–Crippen MR) is 115 cm³/mol. The van der Waals surface area contributed by atoms with Crippen molar-refractivity contribution in [3.8, 4) is 28.6 Å². The lowest BCUT2D eigenvalue weighted by Gasteiger charge is -2.33. The van der Waals surface area contributed by atoms with Crippen LogP contribution < -0.4 is 5.73 Å². The first-order valence-electron chi connectivity index (χ1n) is 9.99. The maximum Gasteiger partial charge on any atom is 0.140 e. The minimum absolute atomic E-state index is 0.243. The Bertz CT molecular complexity index is 1310. The fraction of sp³-hybridized carbons (Fsp3) is 0.208. The molecule has 2 aromatic carbocycles. The van der Waals surface area contributed by atoms with Gasteiger partial charge in [-0.15, -0.1) is 0 Å². The summed E-state index contributed by atoms with van der Waals surface area (Å²) in [6, 6.07) is 18.5. The first-order valence-corrected chi connectivity index (χ1v) is 9.99. The average Bonchev–Trinajstić information content (AvgIpc) is 3.07. The van der Waals surface area contributed by atoms with Crippen molar-refractivity contribution in [2.75, 3.05) is 5.73 Å². The first kappa shape index (κ1) is 18.3. The minimum atomic E-state index is -0.312. The molecule has 30 heavy (non-hydrogen) atoms. The van der Waals surface area contributed by atoms with Gasteiger partial charge in [0, 0.05) is 16.5 Å². The largest absolute Gasteiger partial charge is 0.383 e. The third-order valence-corrected chi connectivity index (χ3v) is 5.87. The molecule has 5 rings (SSSR count). The van der Waals surface area contributed by atoms with Gasteiger partial charge in [-0.1, -0.05) is 37.3 Å². The van der Waals surface area contributed by atoms with E-state index in [1.54, 1.807) is 22.9 Å². The minimum Gasteiger partial charge on any atom is -0.383 e. The number of fused-ring (bicyclic) bond motifs is 1. The Labute approximate surface area is 173 Å². The van der Waals surface area contributed by atoms with E-state index in [9.17, 15) is 9.65 Å².